The first-order chi connectivity index (χ1) is 14.0. The zero-order valence-electron chi connectivity index (χ0n) is 15.3. The van der Waals surface area contributed by atoms with E-state index >= 15 is 0 Å². The summed E-state index contributed by atoms with van der Waals surface area (Å²) in [6.07, 6.45) is 1.63. The highest BCUT2D eigenvalue weighted by molar-refractivity contribution is 7.80. The maximum Gasteiger partial charge on any atom is 0.331 e. The molecule has 0 aliphatic carbocycles. The third-order valence-electron chi connectivity index (χ3n) is 4.07. The number of nitrogens with zero attached hydrogens (tertiary/aromatic N) is 2. The molecule has 29 heavy (non-hydrogen) atoms. The lowest BCUT2D eigenvalue weighted by Gasteiger charge is -2.10. The van der Waals surface area contributed by atoms with Gasteiger partial charge in [0.2, 0.25) is 5.88 Å². The third kappa shape index (κ3) is 5.39. The Labute approximate surface area is 171 Å². The van der Waals surface area contributed by atoms with E-state index in [0.29, 0.717) is 6.42 Å². The normalized spacial score (nSPS) is 10.8. The number of aromatic hydroxyl groups is 1. The topological polar surface area (TPSA) is 112 Å². The van der Waals surface area contributed by atoms with Gasteiger partial charge in [0.15, 0.2) is 5.11 Å². The molecule has 9 heteroatoms. The minimum atomic E-state index is -0.740. The number of thiocarbonyl (C=S) groups is 1. The summed E-state index contributed by atoms with van der Waals surface area (Å²) < 4.78 is 1.09. The number of anilines is 1. The monoisotopic (exact) mass is 409 g/mol. The molecule has 0 unspecified atom stereocenters. The molecule has 0 atom stereocenters. The van der Waals surface area contributed by atoms with Gasteiger partial charge in [-0.25, -0.2) is 4.79 Å². The third-order valence-corrected chi connectivity index (χ3v) is 4.26. The number of hydrogen-bond donors (Lipinski definition) is 4. The molecule has 0 aliphatic heterocycles. The Bertz CT molecular complexity index is 1120. The van der Waals surface area contributed by atoms with Crippen LogP contribution in [0, 0.1) is 0 Å². The van der Waals surface area contributed by atoms with Gasteiger partial charge in [-0.3, -0.25) is 19.8 Å². The molecule has 0 aliphatic rings. The average Bonchev–Trinajstić information content (AvgIpc) is 2.71. The predicted molar refractivity (Wildman–Crippen MR) is 117 cm³/mol. The number of aromatic nitrogens is 2. The summed E-state index contributed by atoms with van der Waals surface area (Å²) in [6.45, 7) is 0.202. The standard InChI is InChI=1S/C20H19N5O3S/c26-17-16(13-21-24-19(29)22-15-9-5-2-6-10-15)18(27)25(20(28)23-17)12-11-14-7-3-1-4-8-14/h1-10,13,27H,11-12H2,(H2,22,24,29)(H,23,26,28)/b21-13+. The summed E-state index contributed by atoms with van der Waals surface area (Å²) in [5.74, 6) is -0.456. The zero-order chi connectivity index (χ0) is 20.6. The lowest BCUT2D eigenvalue weighted by molar-refractivity contribution is 0.399. The summed E-state index contributed by atoms with van der Waals surface area (Å²) >= 11 is 5.12. The van der Waals surface area contributed by atoms with E-state index in [2.05, 4.69) is 20.8 Å². The van der Waals surface area contributed by atoms with Gasteiger partial charge in [-0.15, -0.1) is 0 Å². The molecule has 0 saturated heterocycles. The highest BCUT2D eigenvalue weighted by atomic mass is 32.1. The first-order valence-electron chi connectivity index (χ1n) is 8.79. The summed E-state index contributed by atoms with van der Waals surface area (Å²) in [7, 11) is 0. The lowest BCUT2D eigenvalue weighted by atomic mass is 10.1. The molecule has 2 aromatic carbocycles. The fourth-order valence-electron chi connectivity index (χ4n) is 2.62. The number of aromatic amines is 1. The largest absolute Gasteiger partial charge is 0.494 e. The molecule has 148 valence electrons. The molecule has 3 rings (SSSR count). The molecule has 0 spiro atoms. The van der Waals surface area contributed by atoms with E-state index in [9.17, 15) is 14.7 Å². The van der Waals surface area contributed by atoms with Crippen molar-refractivity contribution >= 4 is 29.2 Å². The average molecular weight is 409 g/mol. The Kier molecular flexibility index (Phi) is 6.54. The van der Waals surface area contributed by atoms with E-state index in [-0.39, 0.29) is 17.2 Å². The molecule has 0 amide bonds. The van der Waals surface area contributed by atoms with Crippen LogP contribution in [0.4, 0.5) is 5.69 Å². The second kappa shape index (κ2) is 9.47. The van der Waals surface area contributed by atoms with Gasteiger partial charge in [-0.05, 0) is 36.3 Å². The van der Waals surface area contributed by atoms with Crippen molar-refractivity contribution in [1.82, 2.24) is 15.0 Å². The molecule has 0 radical (unpaired) electrons. The van der Waals surface area contributed by atoms with Crippen LogP contribution in [-0.4, -0.2) is 26.0 Å². The first-order valence-corrected chi connectivity index (χ1v) is 9.20. The van der Waals surface area contributed by atoms with Crippen LogP contribution >= 0.6 is 12.2 Å². The van der Waals surface area contributed by atoms with Gasteiger partial charge < -0.3 is 10.4 Å². The first kappa shape index (κ1) is 20.0. The van der Waals surface area contributed by atoms with Crippen LogP contribution < -0.4 is 22.0 Å². The molecule has 0 saturated carbocycles. The molecule has 8 nitrogen and oxygen atoms in total. The fraction of sp³-hybridized carbons (Fsp3) is 0.100. The highest BCUT2D eigenvalue weighted by Crippen LogP contribution is 2.10. The van der Waals surface area contributed by atoms with Crippen LogP contribution in [0.15, 0.2) is 75.4 Å². The van der Waals surface area contributed by atoms with E-state index in [1.165, 1.54) is 0 Å². The van der Waals surface area contributed by atoms with Gasteiger partial charge in [0.05, 0.1) is 6.21 Å². The Balaban J connectivity index is 1.71. The molecular weight excluding hydrogens is 390 g/mol. The molecular formula is C20H19N5O3S. The van der Waals surface area contributed by atoms with Gasteiger partial charge in [-0.1, -0.05) is 48.5 Å². The number of benzene rings is 2. The Hall–Kier alpha value is -3.72. The van der Waals surface area contributed by atoms with Gasteiger partial charge in [0, 0.05) is 12.2 Å². The van der Waals surface area contributed by atoms with Crippen LogP contribution in [0.25, 0.3) is 0 Å². The molecule has 1 heterocycles. The summed E-state index contributed by atoms with van der Waals surface area (Å²) in [6, 6.07) is 18.7. The number of aryl methyl sites for hydroxylation is 1. The number of nitrogens with one attached hydrogen (secondary N) is 3. The van der Waals surface area contributed by atoms with Crippen LogP contribution in [0.2, 0.25) is 0 Å². The maximum absolute atomic E-state index is 12.1. The van der Waals surface area contributed by atoms with Crippen molar-refractivity contribution in [2.45, 2.75) is 13.0 Å². The van der Waals surface area contributed by atoms with Crippen LogP contribution in [0.1, 0.15) is 11.1 Å². The van der Waals surface area contributed by atoms with Gasteiger partial charge in [-0.2, -0.15) is 5.10 Å². The highest BCUT2D eigenvalue weighted by Gasteiger charge is 2.12. The second-order valence-electron chi connectivity index (χ2n) is 6.07. The van der Waals surface area contributed by atoms with E-state index in [1.54, 1.807) is 0 Å². The van der Waals surface area contributed by atoms with Crippen molar-refractivity contribution in [1.29, 1.82) is 0 Å². The van der Waals surface area contributed by atoms with Crippen molar-refractivity contribution in [3.8, 4) is 5.88 Å². The van der Waals surface area contributed by atoms with E-state index in [0.717, 1.165) is 22.0 Å². The molecule has 3 aromatic rings. The fourth-order valence-corrected chi connectivity index (χ4v) is 2.79. The minimum Gasteiger partial charge on any atom is -0.494 e. The SMILES string of the molecule is O=c1[nH]c(=O)n(CCc2ccccc2)c(O)c1/C=N/NC(=S)Nc1ccccc1. The number of rotatable bonds is 6. The van der Waals surface area contributed by atoms with Gasteiger partial charge in [0.25, 0.3) is 5.56 Å². The van der Waals surface area contributed by atoms with E-state index in [1.807, 2.05) is 60.7 Å². The van der Waals surface area contributed by atoms with Crippen molar-refractivity contribution in [3.05, 3.63) is 92.6 Å². The lowest BCUT2D eigenvalue weighted by Crippen LogP contribution is -2.33. The molecule has 0 bridgehead atoms. The smallest absolute Gasteiger partial charge is 0.331 e. The quantitative estimate of drug-likeness (QED) is 0.281. The molecule has 1 aromatic heterocycles. The number of para-hydroxylation sites is 1. The van der Waals surface area contributed by atoms with Crippen molar-refractivity contribution in [3.63, 3.8) is 0 Å². The Morgan fingerprint density at radius 3 is 2.45 bits per heavy atom. The van der Waals surface area contributed by atoms with Crippen molar-refractivity contribution < 1.29 is 5.11 Å². The van der Waals surface area contributed by atoms with Gasteiger partial charge >= 0.3 is 5.69 Å². The number of H-pyrrole nitrogens is 1. The van der Waals surface area contributed by atoms with Crippen molar-refractivity contribution in [2.75, 3.05) is 5.32 Å². The predicted octanol–water partition coefficient (Wildman–Crippen LogP) is 1.81. The zero-order valence-corrected chi connectivity index (χ0v) is 16.1. The van der Waals surface area contributed by atoms with Crippen LogP contribution in [0.5, 0.6) is 5.88 Å². The maximum atomic E-state index is 12.1. The van der Waals surface area contributed by atoms with E-state index in [4.69, 9.17) is 12.2 Å². The number of hydrazone groups is 1. The second-order valence-corrected chi connectivity index (χ2v) is 6.48. The van der Waals surface area contributed by atoms with Crippen LogP contribution in [-0.2, 0) is 13.0 Å². The van der Waals surface area contributed by atoms with Crippen molar-refractivity contribution in [2.24, 2.45) is 5.10 Å². The van der Waals surface area contributed by atoms with Gasteiger partial charge in [0.1, 0.15) is 5.56 Å². The summed E-state index contributed by atoms with van der Waals surface area (Å²) in [5, 5.41) is 17.4. The minimum absolute atomic E-state index is 0.146. The summed E-state index contributed by atoms with van der Waals surface area (Å²) in [5.41, 5.74) is 2.77. The summed E-state index contributed by atoms with van der Waals surface area (Å²) in [4.78, 5) is 26.3. The Morgan fingerprint density at radius 1 is 1.10 bits per heavy atom. The Morgan fingerprint density at radius 2 is 1.76 bits per heavy atom. The van der Waals surface area contributed by atoms with E-state index < -0.39 is 17.1 Å². The molecule has 4 N–H and O–H groups in total. The molecule has 0 fully saturated rings. The van der Waals surface area contributed by atoms with Crippen LogP contribution in [0.3, 0.4) is 0 Å². The number of hydrogen-bond acceptors (Lipinski definition) is 5.